The number of aliphatic hydroxyl groups is 1. The number of β-amino-alcohol motifs (C(OH)–C–C–N with tert-alkyl or cyclic N) is 1. The van der Waals surface area contributed by atoms with Gasteiger partial charge in [0.2, 0.25) is 0 Å². The first-order valence-electron chi connectivity index (χ1n) is 6.12. The summed E-state index contributed by atoms with van der Waals surface area (Å²) in [5.74, 6) is -1.66. The molecule has 0 saturated carbocycles. The van der Waals surface area contributed by atoms with Crippen LogP contribution in [-0.2, 0) is 4.79 Å². The molecule has 1 aliphatic rings. The molecule has 1 fully saturated rings. The van der Waals surface area contributed by atoms with E-state index in [2.05, 4.69) is 5.32 Å². The number of amides is 2. The van der Waals surface area contributed by atoms with Crippen LogP contribution in [0, 0.1) is 12.7 Å². The minimum absolute atomic E-state index is 0.00900. The van der Waals surface area contributed by atoms with E-state index in [1.54, 1.807) is 13.0 Å². The molecule has 1 aliphatic heterocycles. The number of aliphatic hydroxyl groups excluding tert-OH is 1. The third kappa shape index (κ3) is 3.05. The number of benzene rings is 1. The van der Waals surface area contributed by atoms with E-state index in [4.69, 9.17) is 5.11 Å². The Balaban J connectivity index is 2.13. The van der Waals surface area contributed by atoms with Gasteiger partial charge in [-0.15, -0.1) is 0 Å². The van der Waals surface area contributed by atoms with Crippen LogP contribution in [0.4, 0.5) is 14.9 Å². The number of hydrogen-bond donors (Lipinski definition) is 3. The van der Waals surface area contributed by atoms with E-state index in [1.807, 2.05) is 0 Å². The Bertz CT molecular complexity index is 529. The highest BCUT2D eigenvalue weighted by Crippen LogP contribution is 2.20. The van der Waals surface area contributed by atoms with E-state index in [0.29, 0.717) is 5.56 Å². The number of urea groups is 1. The molecule has 108 valence electrons. The number of carboxylic acids is 1. The maximum absolute atomic E-state index is 13.2. The fraction of sp³-hybridized carbons (Fsp3) is 0.385. The number of carboxylic acid groups (broad SMARTS) is 1. The van der Waals surface area contributed by atoms with E-state index in [9.17, 15) is 19.1 Å². The second-order valence-corrected chi connectivity index (χ2v) is 4.84. The fourth-order valence-corrected chi connectivity index (χ4v) is 2.28. The predicted molar refractivity (Wildman–Crippen MR) is 68.9 cm³/mol. The molecule has 0 unspecified atom stereocenters. The SMILES string of the molecule is Cc1cc(F)cc(NC(=O)N2C[C@H](O)C[C@H]2C(=O)O)c1. The summed E-state index contributed by atoms with van der Waals surface area (Å²) in [5, 5.41) is 20.9. The normalized spacial score (nSPS) is 21.9. The van der Waals surface area contributed by atoms with Crippen molar-refractivity contribution in [3.05, 3.63) is 29.6 Å². The van der Waals surface area contributed by atoms with Crippen molar-refractivity contribution in [2.45, 2.75) is 25.5 Å². The van der Waals surface area contributed by atoms with E-state index >= 15 is 0 Å². The molecule has 7 heteroatoms. The molecule has 0 aliphatic carbocycles. The number of hydrogen-bond acceptors (Lipinski definition) is 3. The van der Waals surface area contributed by atoms with Gasteiger partial charge < -0.3 is 20.4 Å². The number of carbonyl (C=O) groups excluding carboxylic acids is 1. The quantitative estimate of drug-likeness (QED) is 0.760. The molecule has 0 bridgehead atoms. The molecular weight excluding hydrogens is 267 g/mol. The summed E-state index contributed by atoms with van der Waals surface area (Å²) < 4.78 is 13.2. The van der Waals surface area contributed by atoms with Gasteiger partial charge in [-0.3, -0.25) is 0 Å². The van der Waals surface area contributed by atoms with Gasteiger partial charge in [0.15, 0.2) is 0 Å². The fourth-order valence-electron chi connectivity index (χ4n) is 2.28. The zero-order valence-corrected chi connectivity index (χ0v) is 10.8. The highest BCUT2D eigenvalue weighted by molar-refractivity contribution is 5.92. The van der Waals surface area contributed by atoms with Crippen molar-refractivity contribution in [2.75, 3.05) is 11.9 Å². The Kier molecular flexibility index (Phi) is 3.89. The monoisotopic (exact) mass is 282 g/mol. The van der Waals surface area contributed by atoms with Crippen molar-refractivity contribution in [2.24, 2.45) is 0 Å². The van der Waals surface area contributed by atoms with Gasteiger partial charge >= 0.3 is 12.0 Å². The van der Waals surface area contributed by atoms with Crippen LogP contribution in [0.1, 0.15) is 12.0 Å². The molecule has 0 radical (unpaired) electrons. The summed E-state index contributed by atoms with van der Waals surface area (Å²) in [5.41, 5.74) is 0.884. The second kappa shape index (κ2) is 5.46. The average molecular weight is 282 g/mol. The van der Waals surface area contributed by atoms with Crippen molar-refractivity contribution in [3.8, 4) is 0 Å². The van der Waals surface area contributed by atoms with Crippen LogP contribution in [0.5, 0.6) is 0 Å². The lowest BCUT2D eigenvalue weighted by Crippen LogP contribution is -2.43. The molecule has 6 nitrogen and oxygen atoms in total. The van der Waals surface area contributed by atoms with Gasteiger partial charge in [-0.25, -0.2) is 14.0 Å². The molecule has 2 amide bonds. The van der Waals surface area contributed by atoms with Crippen molar-refractivity contribution in [1.29, 1.82) is 0 Å². The third-order valence-electron chi connectivity index (χ3n) is 3.12. The minimum Gasteiger partial charge on any atom is -0.480 e. The number of carbonyl (C=O) groups is 2. The Hall–Kier alpha value is -2.15. The first kappa shape index (κ1) is 14.3. The van der Waals surface area contributed by atoms with E-state index in [0.717, 1.165) is 11.0 Å². The number of aliphatic carboxylic acids is 1. The van der Waals surface area contributed by atoms with Crippen LogP contribution in [0.15, 0.2) is 18.2 Å². The highest BCUT2D eigenvalue weighted by Gasteiger charge is 2.39. The van der Waals surface area contributed by atoms with Crippen LogP contribution in [0.25, 0.3) is 0 Å². The molecule has 1 aromatic carbocycles. The molecule has 0 aromatic heterocycles. The van der Waals surface area contributed by atoms with Crippen molar-refractivity contribution in [3.63, 3.8) is 0 Å². The summed E-state index contributed by atoms with van der Waals surface area (Å²) >= 11 is 0. The molecule has 2 atom stereocenters. The zero-order chi connectivity index (χ0) is 14.9. The summed E-state index contributed by atoms with van der Waals surface area (Å²) in [6.45, 7) is 1.62. The Morgan fingerprint density at radius 2 is 2.10 bits per heavy atom. The van der Waals surface area contributed by atoms with Gasteiger partial charge in [0.25, 0.3) is 0 Å². The van der Waals surface area contributed by atoms with E-state index in [1.165, 1.54) is 6.07 Å². The summed E-state index contributed by atoms with van der Waals surface area (Å²) in [4.78, 5) is 24.1. The van der Waals surface area contributed by atoms with Gasteiger partial charge in [0.05, 0.1) is 6.10 Å². The van der Waals surface area contributed by atoms with Gasteiger partial charge in [0, 0.05) is 18.7 Å². The molecule has 1 aromatic rings. The number of aryl methyl sites for hydroxylation is 1. The highest BCUT2D eigenvalue weighted by atomic mass is 19.1. The first-order chi connectivity index (χ1) is 9.36. The number of nitrogens with one attached hydrogen (secondary N) is 1. The van der Waals surface area contributed by atoms with Crippen LogP contribution in [0.3, 0.4) is 0 Å². The number of anilines is 1. The van der Waals surface area contributed by atoms with Crippen LogP contribution in [-0.4, -0.2) is 45.8 Å². The number of halogens is 1. The van der Waals surface area contributed by atoms with Crippen molar-refractivity contribution in [1.82, 2.24) is 4.90 Å². The molecular formula is C13H15FN2O4. The topological polar surface area (TPSA) is 89.9 Å². The van der Waals surface area contributed by atoms with Crippen molar-refractivity contribution >= 4 is 17.7 Å². The van der Waals surface area contributed by atoms with Gasteiger partial charge in [-0.05, 0) is 30.7 Å². The Morgan fingerprint density at radius 3 is 2.70 bits per heavy atom. The number of rotatable bonds is 2. The molecule has 2 rings (SSSR count). The lowest BCUT2D eigenvalue weighted by molar-refractivity contribution is -0.141. The zero-order valence-electron chi connectivity index (χ0n) is 10.8. The predicted octanol–water partition coefficient (Wildman–Crippen LogP) is 1.19. The molecule has 1 saturated heterocycles. The van der Waals surface area contributed by atoms with Gasteiger partial charge in [0.1, 0.15) is 11.9 Å². The summed E-state index contributed by atoms with van der Waals surface area (Å²) in [6.07, 6.45) is -0.874. The minimum atomic E-state index is -1.17. The van der Waals surface area contributed by atoms with Crippen molar-refractivity contribution < 1.29 is 24.2 Å². The average Bonchev–Trinajstić information content (AvgIpc) is 2.70. The standard InChI is InChI=1S/C13H15FN2O4/c1-7-2-8(14)4-9(3-7)15-13(20)16-6-10(17)5-11(16)12(18)19/h2-4,10-11,17H,5-6H2,1H3,(H,15,20)(H,18,19)/t10-,11+/m1/s1. The second-order valence-electron chi connectivity index (χ2n) is 4.84. The molecule has 1 heterocycles. The van der Waals surface area contributed by atoms with Crippen LogP contribution >= 0.6 is 0 Å². The number of nitrogens with zero attached hydrogens (tertiary/aromatic N) is 1. The van der Waals surface area contributed by atoms with E-state index in [-0.39, 0.29) is 18.7 Å². The van der Waals surface area contributed by atoms with Gasteiger partial charge in [-0.1, -0.05) is 0 Å². The number of likely N-dealkylation sites (tertiary alicyclic amines) is 1. The summed E-state index contributed by atoms with van der Waals surface area (Å²) in [6, 6.07) is 2.30. The lowest BCUT2D eigenvalue weighted by atomic mass is 10.2. The third-order valence-corrected chi connectivity index (χ3v) is 3.12. The van der Waals surface area contributed by atoms with E-state index < -0.39 is 30.0 Å². The molecule has 20 heavy (non-hydrogen) atoms. The largest absolute Gasteiger partial charge is 0.480 e. The maximum atomic E-state index is 13.2. The van der Waals surface area contributed by atoms with Gasteiger partial charge in [-0.2, -0.15) is 0 Å². The smallest absolute Gasteiger partial charge is 0.326 e. The first-order valence-corrected chi connectivity index (χ1v) is 6.12. The Morgan fingerprint density at radius 1 is 1.40 bits per heavy atom. The van der Waals surface area contributed by atoms with Crippen LogP contribution < -0.4 is 5.32 Å². The molecule has 0 spiro atoms. The van der Waals surface area contributed by atoms with Crippen LogP contribution in [0.2, 0.25) is 0 Å². The lowest BCUT2D eigenvalue weighted by Gasteiger charge is -2.21. The maximum Gasteiger partial charge on any atom is 0.326 e. The Labute approximate surface area is 114 Å². The summed E-state index contributed by atoms with van der Waals surface area (Å²) in [7, 11) is 0. The molecule has 3 N–H and O–H groups in total.